The van der Waals surface area contributed by atoms with Crippen LogP contribution >= 0.6 is 11.9 Å². The van der Waals surface area contributed by atoms with Crippen molar-refractivity contribution in [1.29, 1.82) is 0 Å². The number of aromatic amines is 1. The molecule has 4 aliphatic rings. The van der Waals surface area contributed by atoms with E-state index in [9.17, 15) is 4.79 Å². The molecular weight excluding hydrogens is 410 g/mol. The Morgan fingerprint density at radius 1 is 1.19 bits per heavy atom. The second-order valence-corrected chi connectivity index (χ2v) is 9.41. The van der Waals surface area contributed by atoms with Crippen LogP contribution in [0.2, 0.25) is 0 Å². The Morgan fingerprint density at radius 3 is 2.81 bits per heavy atom. The minimum absolute atomic E-state index is 0.130. The number of hydrogen-bond acceptors (Lipinski definition) is 7. The molecule has 0 bridgehead atoms. The number of benzene rings is 1. The maximum Gasteiger partial charge on any atom is 0.285 e. The Labute approximate surface area is 184 Å². The van der Waals surface area contributed by atoms with Crippen LogP contribution in [-0.2, 0) is 4.79 Å². The van der Waals surface area contributed by atoms with Gasteiger partial charge in [0.1, 0.15) is 6.54 Å². The minimum Gasteiger partial charge on any atom is -0.326 e. The van der Waals surface area contributed by atoms with Crippen LogP contribution in [0.5, 0.6) is 0 Å². The van der Waals surface area contributed by atoms with E-state index in [0.29, 0.717) is 12.5 Å². The van der Waals surface area contributed by atoms with Gasteiger partial charge in [-0.05, 0) is 66.8 Å². The second kappa shape index (κ2) is 7.58. The molecule has 157 valence electrons. The molecule has 2 aliphatic carbocycles. The molecule has 3 N–H and O–H groups in total. The van der Waals surface area contributed by atoms with Gasteiger partial charge in [0.05, 0.1) is 12.4 Å². The molecule has 1 amide bonds. The van der Waals surface area contributed by atoms with Crippen LogP contribution in [0.3, 0.4) is 0 Å². The molecule has 1 aromatic carbocycles. The topological polar surface area (TPSA) is 91.3 Å². The number of amides is 1. The van der Waals surface area contributed by atoms with Gasteiger partial charge < -0.3 is 5.32 Å². The predicted molar refractivity (Wildman–Crippen MR) is 121 cm³/mol. The average molecular weight is 434 g/mol. The van der Waals surface area contributed by atoms with E-state index in [1.807, 2.05) is 36.7 Å². The van der Waals surface area contributed by atoms with Gasteiger partial charge in [0.2, 0.25) is 5.91 Å². The molecule has 9 heteroatoms. The Kier molecular flexibility index (Phi) is 4.57. The van der Waals surface area contributed by atoms with Crippen LogP contribution in [0.1, 0.15) is 37.3 Å². The third kappa shape index (κ3) is 4.11. The molecule has 2 saturated carbocycles. The van der Waals surface area contributed by atoms with Crippen molar-refractivity contribution in [3.05, 3.63) is 60.4 Å². The summed E-state index contributed by atoms with van der Waals surface area (Å²) in [6, 6.07) is 10.1. The van der Waals surface area contributed by atoms with Crippen LogP contribution in [0.15, 0.2) is 64.6 Å². The molecule has 3 heterocycles. The van der Waals surface area contributed by atoms with Gasteiger partial charge in [0, 0.05) is 34.2 Å². The van der Waals surface area contributed by atoms with Crippen molar-refractivity contribution in [2.24, 2.45) is 10.9 Å². The summed E-state index contributed by atoms with van der Waals surface area (Å²) in [4.78, 5) is 19.6. The number of carbonyl (C=O) groups is 1. The number of carbonyl (C=O) groups excluding carboxylic acids is 1. The Morgan fingerprint density at radius 2 is 2.03 bits per heavy atom. The fourth-order valence-corrected chi connectivity index (χ4v) is 4.53. The first kappa shape index (κ1) is 18.7. The van der Waals surface area contributed by atoms with Crippen molar-refractivity contribution in [3.8, 4) is 0 Å². The number of nitrogens with one attached hydrogen (secondary N) is 3. The van der Waals surface area contributed by atoms with E-state index >= 15 is 0 Å². The highest BCUT2D eigenvalue weighted by atomic mass is 32.2. The van der Waals surface area contributed by atoms with Crippen molar-refractivity contribution in [3.63, 3.8) is 0 Å². The first-order valence-electron chi connectivity index (χ1n) is 10.6. The maximum absolute atomic E-state index is 11.9. The average Bonchev–Trinajstić information content (AvgIpc) is 3.70. The summed E-state index contributed by atoms with van der Waals surface area (Å²) in [5.41, 5.74) is 2.04. The monoisotopic (exact) mass is 433 g/mol. The van der Waals surface area contributed by atoms with Gasteiger partial charge in [-0.3, -0.25) is 19.5 Å². The molecule has 2 fully saturated rings. The van der Waals surface area contributed by atoms with Gasteiger partial charge in [0.15, 0.2) is 12.0 Å². The zero-order valence-electron chi connectivity index (χ0n) is 16.9. The fraction of sp³-hybridized carbons (Fsp3) is 0.318. The molecular formula is C22H23N7OS+. The van der Waals surface area contributed by atoms with E-state index in [1.54, 1.807) is 11.9 Å². The quantitative estimate of drug-likeness (QED) is 0.455. The molecule has 8 nitrogen and oxygen atoms in total. The Balaban J connectivity index is 1.15. The SMILES string of the molecule is O=C(Nc1ccc(SN2C=C(Nc3cc(C4CC4)[nH]n3)[N+]3C=CN=C3C2)cc1)C1CC1. The molecule has 0 unspecified atom stereocenters. The van der Waals surface area contributed by atoms with Crippen molar-refractivity contribution in [2.75, 3.05) is 17.2 Å². The lowest BCUT2D eigenvalue weighted by Gasteiger charge is -2.24. The Hall–Kier alpha value is -3.04. The van der Waals surface area contributed by atoms with Crippen molar-refractivity contribution in [1.82, 2.24) is 19.4 Å². The normalized spacial score (nSPS) is 20.3. The lowest BCUT2D eigenvalue weighted by Crippen LogP contribution is -2.42. The number of nitrogens with zero attached hydrogens (tertiary/aromatic N) is 4. The number of aliphatic imine (C=N–C) groups is 1. The summed E-state index contributed by atoms with van der Waals surface area (Å²) in [5.74, 6) is 3.66. The van der Waals surface area contributed by atoms with E-state index in [2.05, 4.69) is 47.3 Å². The van der Waals surface area contributed by atoms with Crippen LogP contribution in [0.4, 0.5) is 11.5 Å². The van der Waals surface area contributed by atoms with Gasteiger partial charge in [-0.15, -0.1) is 0 Å². The maximum atomic E-state index is 11.9. The zero-order chi connectivity index (χ0) is 20.8. The van der Waals surface area contributed by atoms with Gasteiger partial charge in [-0.1, -0.05) is 0 Å². The smallest absolute Gasteiger partial charge is 0.285 e. The summed E-state index contributed by atoms with van der Waals surface area (Å²) in [6.45, 7) is 0.691. The fourth-order valence-electron chi connectivity index (χ4n) is 3.67. The number of rotatable bonds is 7. The number of H-pyrrole nitrogens is 1. The van der Waals surface area contributed by atoms with Crippen LogP contribution in [0.25, 0.3) is 0 Å². The van der Waals surface area contributed by atoms with Gasteiger partial charge in [-0.25, -0.2) is 0 Å². The van der Waals surface area contributed by atoms with Gasteiger partial charge in [-0.2, -0.15) is 10.1 Å². The first-order chi connectivity index (χ1) is 15.2. The van der Waals surface area contributed by atoms with Crippen LogP contribution in [0, 0.1) is 5.92 Å². The number of anilines is 2. The lowest BCUT2D eigenvalue weighted by atomic mass is 10.3. The van der Waals surface area contributed by atoms with Crippen molar-refractivity contribution < 1.29 is 4.79 Å². The van der Waals surface area contributed by atoms with Crippen molar-refractivity contribution in [2.45, 2.75) is 36.5 Å². The molecule has 1 aromatic heterocycles. The number of hydrogen-bond donors (Lipinski definition) is 3. The largest absolute Gasteiger partial charge is 0.326 e. The highest BCUT2D eigenvalue weighted by molar-refractivity contribution is 7.97. The van der Waals surface area contributed by atoms with E-state index in [4.69, 9.17) is 0 Å². The Bertz CT molecular complexity index is 1100. The molecule has 1 radical (unpaired) electrons. The summed E-state index contributed by atoms with van der Waals surface area (Å²) < 4.78 is 2.15. The van der Waals surface area contributed by atoms with Gasteiger partial charge in [0.25, 0.3) is 11.7 Å². The summed E-state index contributed by atoms with van der Waals surface area (Å²) in [7, 11) is 0. The first-order valence-corrected chi connectivity index (χ1v) is 11.4. The third-order valence-corrected chi connectivity index (χ3v) is 6.66. The summed E-state index contributed by atoms with van der Waals surface area (Å²) >= 11 is 1.63. The molecule has 31 heavy (non-hydrogen) atoms. The van der Waals surface area contributed by atoms with E-state index < -0.39 is 0 Å². The van der Waals surface area contributed by atoms with Crippen molar-refractivity contribution >= 4 is 35.2 Å². The van der Waals surface area contributed by atoms with Crippen LogP contribution in [-0.4, -0.2) is 32.8 Å². The number of amidine groups is 1. The molecule has 2 aliphatic heterocycles. The standard InChI is InChI=1S/C22H23N7OS/c30-22(15-3-4-15)24-16-5-7-17(8-6-16)31-28-12-20-23-9-10-29(20)21(13-28)25-19-11-18(26-27-19)14-1-2-14/h5-11,13-15H,1-4,12H2,(H,24,30)(H2,25,26,27)/q+1. The molecule has 0 spiro atoms. The van der Waals surface area contributed by atoms with E-state index in [-0.39, 0.29) is 11.8 Å². The molecule has 0 saturated heterocycles. The summed E-state index contributed by atoms with van der Waals surface area (Å²) in [5, 5.41) is 14.0. The highest BCUT2D eigenvalue weighted by Crippen LogP contribution is 2.39. The zero-order valence-corrected chi connectivity index (χ0v) is 17.7. The highest BCUT2D eigenvalue weighted by Gasteiger charge is 2.38. The molecule has 6 rings (SSSR count). The minimum atomic E-state index is 0.130. The predicted octanol–water partition coefficient (Wildman–Crippen LogP) is 3.89. The lowest BCUT2D eigenvalue weighted by molar-refractivity contribution is -0.117. The third-order valence-electron chi connectivity index (χ3n) is 5.70. The number of fused-ring (bicyclic) bond motifs is 1. The summed E-state index contributed by atoms with van der Waals surface area (Å²) in [6.07, 6.45) is 10.3. The molecule has 2 aromatic rings. The number of aromatic nitrogens is 2. The molecule has 0 atom stereocenters. The van der Waals surface area contributed by atoms with E-state index in [1.165, 1.54) is 18.5 Å². The van der Waals surface area contributed by atoms with Gasteiger partial charge >= 0.3 is 0 Å². The van der Waals surface area contributed by atoms with E-state index in [0.717, 1.165) is 40.9 Å². The van der Waals surface area contributed by atoms with Crippen LogP contribution < -0.4 is 15.5 Å². The second-order valence-electron chi connectivity index (χ2n) is 8.29.